The molecule has 8 heteroatoms. The molecule has 3 N–H and O–H groups in total. The fourth-order valence-electron chi connectivity index (χ4n) is 6.11. The quantitative estimate of drug-likeness (QED) is 0.292. The van der Waals surface area contributed by atoms with Gasteiger partial charge in [-0.15, -0.1) is 0 Å². The van der Waals surface area contributed by atoms with Crippen molar-refractivity contribution in [2.45, 2.75) is 82.8 Å². The van der Waals surface area contributed by atoms with Crippen LogP contribution >= 0.6 is 11.6 Å². The van der Waals surface area contributed by atoms with E-state index in [0.717, 1.165) is 60.9 Å². The average Bonchev–Trinajstić information content (AvgIpc) is 2.94. The van der Waals surface area contributed by atoms with E-state index in [2.05, 4.69) is 15.3 Å². The molecule has 0 unspecified atom stereocenters. The largest absolute Gasteiger partial charge is 0.351 e. The van der Waals surface area contributed by atoms with Crippen LogP contribution in [0.3, 0.4) is 0 Å². The van der Waals surface area contributed by atoms with Crippen molar-refractivity contribution in [2.75, 3.05) is 5.32 Å². The summed E-state index contributed by atoms with van der Waals surface area (Å²) in [7, 11) is 0. The van der Waals surface area contributed by atoms with Gasteiger partial charge in [-0.25, -0.2) is 4.98 Å². The smallest absolute Gasteiger partial charge is 0.260 e. The van der Waals surface area contributed by atoms with Gasteiger partial charge in [-0.1, -0.05) is 49.1 Å². The van der Waals surface area contributed by atoms with Crippen molar-refractivity contribution in [2.24, 2.45) is 5.73 Å². The van der Waals surface area contributed by atoms with E-state index in [4.69, 9.17) is 22.3 Å². The highest BCUT2D eigenvalue weighted by molar-refractivity contribution is 6.33. The van der Waals surface area contributed by atoms with E-state index in [1.807, 2.05) is 60.2 Å². The summed E-state index contributed by atoms with van der Waals surface area (Å²) >= 11 is 6.83. The normalized spacial score (nSPS) is 20.3. The number of nitrogens with one attached hydrogen (secondary N) is 1. The van der Waals surface area contributed by atoms with Gasteiger partial charge in [-0.3, -0.25) is 14.3 Å². The Morgan fingerprint density at radius 2 is 1.74 bits per heavy atom. The maximum absolute atomic E-state index is 14.2. The van der Waals surface area contributed by atoms with Gasteiger partial charge in [-0.2, -0.15) is 4.98 Å². The summed E-state index contributed by atoms with van der Waals surface area (Å²) in [5.74, 6) is 0.593. The van der Waals surface area contributed by atoms with Crippen LogP contribution in [0.25, 0.3) is 33.4 Å². The maximum atomic E-state index is 14.2. The van der Waals surface area contributed by atoms with Gasteiger partial charge in [0.1, 0.15) is 5.65 Å². The zero-order valence-corrected chi connectivity index (χ0v) is 23.1. The molecule has 0 amide bonds. The number of nitrogens with two attached hydrogens (primary N) is 1. The molecule has 2 fully saturated rings. The molecular weight excluding hydrogens is 508 g/mol. The molecule has 0 bridgehead atoms. The SMILES string of the molecule is Cc1cccc(-c2ccc(-c3cc4cnc(NC5CCCCC5)nc4n([C@H]4CC[C@H](N)CC4)c3=O)c(Cl)c2)n1. The minimum atomic E-state index is -0.0754. The molecule has 4 aromatic rings. The monoisotopic (exact) mass is 542 g/mol. The standard InChI is InChI=1S/C31H35ClN6O/c1-19-6-5-9-28(35-19)20-10-15-25(27(32)17-20)26-16-21-18-34-31(36-23-7-3-2-4-8-23)37-29(21)38(30(26)39)24-13-11-22(33)12-14-24/h5-6,9-10,15-18,22-24H,2-4,7-8,11-14,33H2,1H3,(H,34,36,37)/t22-,24-. The summed E-state index contributed by atoms with van der Waals surface area (Å²) in [5, 5.41) is 4.87. The number of hydrogen-bond acceptors (Lipinski definition) is 6. The Morgan fingerprint density at radius 1 is 0.949 bits per heavy atom. The average molecular weight is 543 g/mol. The molecule has 2 aliphatic rings. The van der Waals surface area contributed by atoms with Gasteiger partial charge in [0.15, 0.2) is 0 Å². The highest BCUT2D eigenvalue weighted by Crippen LogP contribution is 2.34. The Bertz CT molecular complexity index is 1550. The first kappa shape index (κ1) is 26.0. The van der Waals surface area contributed by atoms with Crippen LogP contribution in [0.1, 0.15) is 69.5 Å². The van der Waals surface area contributed by atoms with E-state index in [0.29, 0.717) is 33.8 Å². The molecule has 3 heterocycles. The highest BCUT2D eigenvalue weighted by Gasteiger charge is 2.26. The number of pyridine rings is 2. The summed E-state index contributed by atoms with van der Waals surface area (Å²) in [6.07, 6.45) is 11.3. The van der Waals surface area contributed by atoms with E-state index in [1.165, 1.54) is 19.3 Å². The second kappa shape index (κ2) is 11.1. The number of anilines is 1. The Hall–Kier alpha value is -3.29. The van der Waals surface area contributed by atoms with Crippen molar-refractivity contribution in [3.8, 4) is 22.4 Å². The van der Waals surface area contributed by atoms with Crippen LogP contribution in [-0.2, 0) is 0 Å². The van der Waals surface area contributed by atoms with E-state index < -0.39 is 0 Å². The van der Waals surface area contributed by atoms with Gasteiger partial charge in [0, 0.05) is 57.1 Å². The topological polar surface area (TPSA) is 98.7 Å². The molecule has 2 saturated carbocycles. The van der Waals surface area contributed by atoms with Crippen molar-refractivity contribution in [1.29, 1.82) is 0 Å². The summed E-state index contributed by atoms with van der Waals surface area (Å²) in [6.45, 7) is 1.97. The third-order valence-corrected chi connectivity index (χ3v) is 8.57. The Morgan fingerprint density at radius 3 is 2.49 bits per heavy atom. The van der Waals surface area contributed by atoms with Crippen molar-refractivity contribution in [1.82, 2.24) is 19.5 Å². The first-order valence-electron chi connectivity index (χ1n) is 14.1. The van der Waals surface area contributed by atoms with E-state index >= 15 is 0 Å². The fourth-order valence-corrected chi connectivity index (χ4v) is 6.39. The lowest BCUT2D eigenvalue weighted by molar-refractivity contribution is 0.323. The number of halogens is 1. The summed E-state index contributed by atoms with van der Waals surface area (Å²) in [4.78, 5) is 28.4. The summed E-state index contributed by atoms with van der Waals surface area (Å²) < 4.78 is 1.89. The van der Waals surface area contributed by atoms with Crippen LogP contribution in [0.2, 0.25) is 5.02 Å². The number of aryl methyl sites for hydroxylation is 1. The molecule has 202 valence electrons. The molecule has 7 nitrogen and oxygen atoms in total. The van der Waals surface area contributed by atoms with Crippen LogP contribution in [0.5, 0.6) is 0 Å². The van der Waals surface area contributed by atoms with Gasteiger partial charge in [0.05, 0.1) is 5.69 Å². The van der Waals surface area contributed by atoms with Crippen LogP contribution in [0, 0.1) is 6.92 Å². The Labute approximate surface area is 233 Å². The molecule has 39 heavy (non-hydrogen) atoms. The molecule has 0 saturated heterocycles. The van der Waals surface area contributed by atoms with Crippen molar-refractivity contribution in [3.05, 3.63) is 69.7 Å². The molecule has 6 rings (SSSR count). The number of aromatic nitrogens is 4. The predicted molar refractivity (Wildman–Crippen MR) is 158 cm³/mol. The van der Waals surface area contributed by atoms with Gasteiger partial charge in [0.2, 0.25) is 5.95 Å². The van der Waals surface area contributed by atoms with Crippen molar-refractivity contribution in [3.63, 3.8) is 0 Å². The number of hydrogen-bond donors (Lipinski definition) is 2. The Kier molecular flexibility index (Phi) is 7.36. The first-order valence-corrected chi connectivity index (χ1v) is 14.5. The van der Waals surface area contributed by atoms with Crippen molar-refractivity contribution >= 4 is 28.6 Å². The highest BCUT2D eigenvalue weighted by atomic mass is 35.5. The minimum Gasteiger partial charge on any atom is -0.351 e. The minimum absolute atomic E-state index is 0.0340. The number of fused-ring (bicyclic) bond motifs is 1. The van der Waals surface area contributed by atoms with Crippen LogP contribution < -0.4 is 16.6 Å². The van der Waals surface area contributed by atoms with Gasteiger partial charge < -0.3 is 11.1 Å². The van der Waals surface area contributed by atoms with Crippen LogP contribution in [-0.4, -0.2) is 31.6 Å². The molecule has 2 aliphatic carbocycles. The molecule has 3 aromatic heterocycles. The van der Waals surface area contributed by atoms with E-state index in [-0.39, 0.29) is 17.6 Å². The number of rotatable bonds is 5. The van der Waals surface area contributed by atoms with Gasteiger partial charge in [-0.05, 0) is 69.7 Å². The summed E-state index contributed by atoms with van der Waals surface area (Å²) in [6, 6.07) is 14.2. The zero-order chi connectivity index (χ0) is 26.9. The molecular formula is C31H35ClN6O. The predicted octanol–water partition coefficient (Wildman–Crippen LogP) is 6.67. The number of nitrogens with zero attached hydrogens (tertiary/aromatic N) is 4. The zero-order valence-electron chi connectivity index (χ0n) is 22.4. The maximum Gasteiger partial charge on any atom is 0.260 e. The fraction of sp³-hybridized carbons (Fsp3) is 0.419. The molecule has 1 aromatic carbocycles. The van der Waals surface area contributed by atoms with E-state index in [1.54, 1.807) is 0 Å². The molecule has 0 spiro atoms. The third-order valence-electron chi connectivity index (χ3n) is 8.26. The lowest BCUT2D eigenvalue weighted by Crippen LogP contribution is -2.33. The van der Waals surface area contributed by atoms with Crippen LogP contribution in [0.15, 0.2) is 53.5 Å². The lowest BCUT2D eigenvalue weighted by Gasteiger charge is -2.29. The second-order valence-corrected chi connectivity index (χ2v) is 11.5. The van der Waals surface area contributed by atoms with Crippen LogP contribution in [0.4, 0.5) is 5.95 Å². The second-order valence-electron chi connectivity index (χ2n) is 11.1. The molecule has 0 aliphatic heterocycles. The Balaban J connectivity index is 1.44. The number of benzene rings is 1. The molecule has 0 radical (unpaired) electrons. The van der Waals surface area contributed by atoms with Gasteiger partial charge >= 0.3 is 0 Å². The van der Waals surface area contributed by atoms with Gasteiger partial charge in [0.25, 0.3) is 5.56 Å². The van der Waals surface area contributed by atoms with Crippen molar-refractivity contribution < 1.29 is 0 Å². The third kappa shape index (κ3) is 5.43. The molecule has 0 atom stereocenters. The van der Waals surface area contributed by atoms with E-state index in [9.17, 15) is 4.79 Å². The first-order chi connectivity index (χ1) is 19.0. The summed E-state index contributed by atoms with van der Waals surface area (Å²) in [5.41, 5.74) is 10.8. The lowest BCUT2D eigenvalue weighted by atomic mass is 9.91.